The van der Waals surface area contributed by atoms with Gasteiger partial charge in [0.15, 0.2) is 11.5 Å². The Morgan fingerprint density at radius 1 is 1.18 bits per heavy atom. The number of ether oxygens (including phenoxy) is 2. The third kappa shape index (κ3) is 3.52. The number of carbonyl (C=O) groups excluding carboxylic acids is 1. The van der Waals surface area contributed by atoms with Crippen LogP contribution in [0.25, 0.3) is 0 Å². The van der Waals surface area contributed by atoms with Gasteiger partial charge in [-0.25, -0.2) is 4.98 Å². The molecule has 6 nitrogen and oxygen atoms in total. The molecule has 114 valence electrons. The van der Waals surface area contributed by atoms with Gasteiger partial charge in [0.2, 0.25) is 0 Å². The molecule has 3 rings (SSSR count). The summed E-state index contributed by atoms with van der Waals surface area (Å²) in [7, 11) is 0. The van der Waals surface area contributed by atoms with E-state index in [-0.39, 0.29) is 5.91 Å². The van der Waals surface area contributed by atoms with Crippen molar-refractivity contribution in [1.29, 1.82) is 0 Å². The van der Waals surface area contributed by atoms with Crippen molar-refractivity contribution < 1.29 is 14.3 Å². The van der Waals surface area contributed by atoms with Crippen LogP contribution in [0.3, 0.4) is 0 Å². The van der Waals surface area contributed by atoms with E-state index in [1.54, 1.807) is 0 Å². The van der Waals surface area contributed by atoms with E-state index in [0.717, 1.165) is 23.5 Å². The van der Waals surface area contributed by atoms with Crippen molar-refractivity contribution in [1.82, 2.24) is 15.3 Å². The van der Waals surface area contributed by atoms with E-state index in [9.17, 15) is 4.79 Å². The van der Waals surface area contributed by atoms with Gasteiger partial charge in [-0.3, -0.25) is 9.78 Å². The van der Waals surface area contributed by atoms with Gasteiger partial charge in [0.25, 0.3) is 5.91 Å². The lowest BCUT2D eigenvalue weighted by Gasteiger charge is -2.09. The highest BCUT2D eigenvalue weighted by atomic mass is 16.5. The van der Waals surface area contributed by atoms with Crippen molar-refractivity contribution >= 4 is 5.91 Å². The molecule has 1 aliphatic heterocycles. The van der Waals surface area contributed by atoms with Gasteiger partial charge >= 0.3 is 0 Å². The van der Waals surface area contributed by atoms with Crippen molar-refractivity contribution in [2.45, 2.75) is 12.8 Å². The molecule has 6 heteroatoms. The average molecular weight is 299 g/mol. The summed E-state index contributed by atoms with van der Waals surface area (Å²) in [4.78, 5) is 19.7. The summed E-state index contributed by atoms with van der Waals surface area (Å²) in [5.41, 5.74) is 1.41. The van der Waals surface area contributed by atoms with E-state index in [1.165, 1.54) is 18.6 Å². The van der Waals surface area contributed by atoms with E-state index >= 15 is 0 Å². The average Bonchev–Trinajstić information content (AvgIpc) is 2.80. The van der Waals surface area contributed by atoms with Gasteiger partial charge in [-0.2, -0.15) is 0 Å². The fourth-order valence-corrected chi connectivity index (χ4v) is 2.19. The highest BCUT2D eigenvalue weighted by molar-refractivity contribution is 5.91. The Hall–Kier alpha value is -2.63. The largest absolute Gasteiger partial charge is 0.490 e. The van der Waals surface area contributed by atoms with Crippen LogP contribution in [0, 0.1) is 0 Å². The Kier molecular flexibility index (Phi) is 4.48. The maximum absolute atomic E-state index is 11.9. The van der Waals surface area contributed by atoms with Gasteiger partial charge in [0.05, 0.1) is 19.4 Å². The fraction of sp³-hybridized carbons (Fsp3) is 0.312. The molecule has 2 aromatic rings. The van der Waals surface area contributed by atoms with Crippen molar-refractivity contribution in [3.63, 3.8) is 0 Å². The molecule has 1 aliphatic rings. The molecule has 0 bridgehead atoms. The number of hydrogen-bond donors (Lipinski definition) is 1. The summed E-state index contributed by atoms with van der Waals surface area (Å²) < 4.78 is 11.2. The van der Waals surface area contributed by atoms with Crippen LogP contribution in [0.2, 0.25) is 0 Å². The number of nitrogens with one attached hydrogen (secondary N) is 1. The molecule has 1 aromatic heterocycles. The number of amides is 1. The van der Waals surface area contributed by atoms with Crippen LogP contribution in [-0.4, -0.2) is 35.6 Å². The Labute approximate surface area is 128 Å². The zero-order valence-corrected chi connectivity index (χ0v) is 12.1. The Bertz CT molecular complexity index is 646. The minimum atomic E-state index is -0.220. The van der Waals surface area contributed by atoms with Gasteiger partial charge in [-0.15, -0.1) is 0 Å². The number of nitrogens with zero attached hydrogens (tertiary/aromatic N) is 2. The quantitative estimate of drug-likeness (QED) is 0.928. The van der Waals surface area contributed by atoms with Crippen molar-refractivity contribution in [2.24, 2.45) is 0 Å². The molecule has 0 saturated carbocycles. The zero-order valence-electron chi connectivity index (χ0n) is 12.1. The molecule has 0 aliphatic carbocycles. The highest BCUT2D eigenvalue weighted by Gasteiger charge is 2.11. The van der Waals surface area contributed by atoms with Crippen LogP contribution in [0.5, 0.6) is 11.5 Å². The van der Waals surface area contributed by atoms with Gasteiger partial charge in [0.1, 0.15) is 5.69 Å². The van der Waals surface area contributed by atoms with Crippen molar-refractivity contribution in [2.75, 3.05) is 19.8 Å². The van der Waals surface area contributed by atoms with E-state index < -0.39 is 0 Å². The summed E-state index contributed by atoms with van der Waals surface area (Å²) >= 11 is 0. The van der Waals surface area contributed by atoms with E-state index in [1.807, 2.05) is 18.2 Å². The molecule has 1 aromatic carbocycles. The molecule has 0 saturated heterocycles. The van der Waals surface area contributed by atoms with Gasteiger partial charge < -0.3 is 14.8 Å². The van der Waals surface area contributed by atoms with E-state index in [2.05, 4.69) is 15.3 Å². The summed E-state index contributed by atoms with van der Waals surface area (Å²) in [6, 6.07) is 5.87. The van der Waals surface area contributed by atoms with E-state index in [4.69, 9.17) is 9.47 Å². The smallest absolute Gasteiger partial charge is 0.271 e. The van der Waals surface area contributed by atoms with Crippen LogP contribution < -0.4 is 14.8 Å². The fourth-order valence-electron chi connectivity index (χ4n) is 2.19. The first-order chi connectivity index (χ1) is 10.8. The minimum Gasteiger partial charge on any atom is -0.490 e. The predicted molar refractivity (Wildman–Crippen MR) is 80.1 cm³/mol. The molecule has 0 atom stereocenters. The standard InChI is InChI=1S/C16H17N3O3/c20-16(13-11-17-6-7-18-13)19-5-4-12-2-3-14-15(10-12)22-9-1-8-21-14/h2-3,6-7,10-11H,1,4-5,8-9H2,(H,19,20). The lowest BCUT2D eigenvalue weighted by Crippen LogP contribution is -2.26. The number of benzene rings is 1. The molecule has 0 radical (unpaired) electrons. The summed E-state index contributed by atoms with van der Waals surface area (Å²) in [6.45, 7) is 1.87. The summed E-state index contributed by atoms with van der Waals surface area (Å²) in [5.74, 6) is 1.34. The Balaban J connectivity index is 1.56. The monoisotopic (exact) mass is 299 g/mol. The first-order valence-electron chi connectivity index (χ1n) is 7.26. The van der Waals surface area contributed by atoms with Crippen LogP contribution >= 0.6 is 0 Å². The van der Waals surface area contributed by atoms with Crippen molar-refractivity contribution in [3.05, 3.63) is 48.0 Å². The van der Waals surface area contributed by atoms with Gasteiger partial charge in [-0.1, -0.05) is 6.07 Å². The Morgan fingerprint density at radius 2 is 2.05 bits per heavy atom. The van der Waals surface area contributed by atoms with Crippen LogP contribution in [-0.2, 0) is 6.42 Å². The summed E-state index contributed by atoms with van der Waals surface area (Å²) in [5, 5.41) is 2.83. The molecule has 1 amide bonds. The minimum absolute atomic E-state index is 0.220. The molecule has 0 unspecified atom stereocenters. The lowest BCUT2D eigenvalue weighted by molar-refractivity contribution is 0.0948. The first kappa shape index (κ1) is 14.3. The number of fused-ring (bicyclic) bond motifs is 1. The highest BCUT2D eigenvalue weighted by Crippen LogP contribution is 2.30. The maximum atomic E-state index is 11.9. The van der Waals surface area contributed by atoms with Crippen molar-refractivity contribution in [3.8, 4) is 11.5 Å². The number of hydrogen-bond acceptors (Lipinski definition) is 5. The second-order valence-corrected chi connectivity index (χ2v) is 4.93. The van der Waals surface area contributed by atoms with Gasteiger partial charge in [-0.05, 0) is 24.1 Å². The van der Waals surface area contributed by atoms with Gasteiger partial charge in [0, 0.05) is 25.4 Å². The maximum Gasteiger partial charge on any atom is 0.271 e. The molecule has 1 N–H and O–H groups in total. The zero-order chi connectivity index (χ0) is 15.2. The lowest BCUT2D eigenvalue weighted by atomic mass is 10.1. The number of carbonyl (C=O) groups is 1. The normalized spacial score (nSPS) is 13.3. The molecular formula is C16H17N3O3. The summed E-state index contributed by atoms with van der Waals surface area (Å²) in [6.07, 6.45) is 6.08. The second kappa shape index (κ2) is 6.89. The molecule has 2 heterocycles. The topological polar surface area (TPSA) is 73.3 Å². The van der Waals surface area contributed by atoms with E-state index in [0.29, 0.717) is 31.9 Å². The molecule has 0 fully saturated rings. The number of rotatable bonds is 4. The first-order valence-corrected chi connectivity index (χ1v) is 7.26. The molecule has 22 heavy (non-hydrogen) atoms. The SMILES string of the molecule is O=C(NCCc1ccc2c(c1)OCCCO2)c1cnccn1. The predicted octanol–water partition coefficient (Wildman–Crippen LogP) is 1.61. The van der Waals surface area contributed by atoms with Crippen LogP contribution in [0.15, 0.2) is 36.8 Å². The van der Waals surface area contributed by atoms with Crippen LogP contribution in [0.4, 0.5) is 0 Å². The third-order valence-electron chi connectivity index (χ3n) is 3.31. The van der Waals surface area contributed by atoms with Crippen LogP contribution in [0.1, 0.15) is 22.5 Å². The number of aromatic nitrogens is 2. The molecule has 0 spiro atoms. The molecular weight excluding hydrogens is 282 g/mol. The Morgan fingerprint density at radius 3 is 2.86 bits per heavy atom. The second-order valence-electron chi connectivity index (χ2n) is 4.93. The third-order valence-corrected chi connectivity index (χ3v) is 3.31.